The van der Waals surface area contributed by atoms with Crippen LogP contribution in [0.3, 0.4) is 0 Å². The molecule has 0 fully saturated rings. The lowest BCUT2D eigenvalue weighted by atomic mass is 10.0. The lowest BCUT2D eigenvalue weighted by molar-refractivity contribution is -0.00424. The van der Waals surface area contributed by atoms with Crippen LogP contribution in [-0.4, -0.2) is 22.4 Å². The largest absolute Gasteiger partial charge is 0.393 e. The zero-order valence-corrected chi connectivity index (χ0v) is 7.59. The molecular formula is C9H18O2. The van der Waals surface area contributed by atoms with Crippen LogP contribution in [0.5, 0.6) is 0 Å². The molecule has 2 nitrogen and oxygen atoms in total. The second-order valence-electron chi connectivity index (χ2n) is 3.48. The molecule has 0 rings (SSSR count). The van der Waals surface area contributed by atoms with E-state index in [1.54, 1.807) is 6.92 Å². The van der Waals surface area contributed by atoms with Crippen LogP contribution in [-0.2, 0) is 0 Å². The van der Waals surface area contributed by atoms with Crippen LogP contribution in [0.2, 0.25) is 0 Å². The first-order chi connectivity index (χ1) is 4.98. The van der Waals surface area contributed by atoms with E-state index in [9.17, 15) is 5.11 Å². The molecule has 0 spiro atoms. The molecule has 1 atom stereocenters. The number of aliphatic hydroxyl groups is 2. The van der Waals surface area contributed by atoms with Gasteiger partial charge in [-0.3, -0.25) is 0 Å². The summed E-state index contributed by atoms with van der Waals surface area (Å²) in [7, 11) is 0. The van der Waals surface area contributed by atoms with E-state index in [1.807, 2.05) is 13.8 Å². The zero-order chi connectivity index (χ0) is 8.91. The zero-order valence-electron chi connectivity index (χ0n) is 7.59. The van der Waals surface area contributed by atoms with Gasteiger partial charge in [0.2, 0.25) is 0 Å². The van der Waals surface area contributed by atoms with E-state index < -0.39 is 5.60 Å². The Hall–Kier alpha value is -0.340. The van der Waals surface area contributed by atoms with E-state index in [-0.39, 0.29) is 6.61 Å². The number of rotatable bonds is 4. The highest BCUT2D eigenvalue weighted by atomic mass is 16.3. The van der Waals surface area contributed by atoms with E-state index in [2.05, 4.69) is 6.08 Å². The minimum absolute atomic E-state index is 0.163. The maximum atomic E-state index is 9.36. The predicted molar refractivity (Wildman–Crippen MR) is 46.4 cm³/mol. The van der Waals surface area contributed by atoms with Gasteiger partial charge in [0.05, 0.1) is 12.2 Å². The molecule has 66 valence electrons. The Bertz CT molecular complexity index is 132. The van der Waals surface area contributed by atoms with E-state index in [4.69, 9.17) is 5.11 Å². The first-order valence-electron chi connectivity index (χ1n) is 3.94. The Morgan fingerprint density at radius 3 is 2.36 bits per heavy atom. The Kier molecular flexibility index (Phi) is 4.38. The van der Waals surface area contributed by atoms with Crippen molar-refractivity contribution in [1.29, 1.82) is 0 Å². The van der Waals surface area contributed by atoms with Crippen LogP contribution in [0.1, 0.15) is 33.6 Å². The minimum atomic E-state index is -0.911. The molecular weight excluding hydrogens is 140 g/mol. The SMILES string of the molecule is CC(C)=CCC[C@@](C)(O)CO. The van der Waals surface area contributed by atoms with Crippen LogP contribution in [0.25, 0.3) is 0 Å². The fraction of sp³-hybridized carbons (Fsp3) is 0.778. The van der Waals surface area contributed by atoms with Gasteiger partial charge in [0, 0.05) is 0 Å². The summed E-state index contributed by atoms with van der Waals surface area (Å²) in [4.78, 5) is 0. The summed E-state index contributed by atoms with van der Waals surface area (Å²) in [5.74, 6) is 0. The molecule has 0 aliphatic rings. The number of hydrogen-bond donors (Lipinski definition) is 2. The Morgan fingerprint density at radius 1 is 1.45 bits per heavy atom. The summed E-state index contributed by atoms with van der Waals surface area (Å²) in [6, 6.07) is 0. The fourth-order valence-electron chi connectivity index (χ4n) is 0.751. The van der Waals surface area contributed by atoms with E-state index in [1.165, 1.54) is 5.57 Å². The average molecular weight is 158 g/mol. The molecule has 0 aromatic rings. The maximum absolute atomic E-state index is 9.36. The van der Waals surface area contributed by atoms with Gasteiger partial charge in [-0.25, -0.2) is 0 Å². The summed E-state index contributed by atoms with van der Waals surface area (Å²) in [6.07, 6.45) is 3.51. The Balaban J connectivity index is 3.62. The summed E-state index contributed by atoms with van der Waals surface area (Å²) < 4.78 is 0. The molecule has 11 heavy (non-hydrogen) atoms. The highest BCUT2D eigenvalue weighted by Crippen LogP contribution is 2.11. The summed E-state index contributed by atoms with van der Waals surface area (Å²) >= 11 is 0. The van der Waals surface area contributed by atoms with Crippen LogP contribution < -0.4 is 0 Å². The minimum Gasteiger partial charge on any atom is -0.393 e. The molecule has 0 amide bonds. The van der Waals surface area contributed by atoms with Crippen LogP contribution in [0.4, 0.5) is 0 Å². The molecule has 0 unspecified atom stereocenters. The number of hydrogen-bond acceptors (Lipinski definition) is 2. The van der Waals surface area contributed by atoms with Gasteiger partial charge in [0.1, 0.15) is 0 Å². The fourth-order valence-corrected chi connectivity index (χ4v) is 0.751. The van der Waals surface area contributed by atoms with Gasteiger partial charge >= 0.3 is 0 Å². The highest BCUT2D eigenvalue weighted by Gasteiger charge is 2.16. The Morgan fingerprint density at radius 2 is 2.00 bits per heavy atom. The summed E-state index contributed by atoms with van der Waals surface area (Å²) in [5.41, 5.74) is 0.338. The lowest BCUT2D eigenvalue weighted by Crippen LogP contribution is -2.28. The van der Waals surface area contributed by atoms with Crippen molar-refractivity contribution in [3.63, 3.8) is 0 Å². The third-order valence-corrected chi connectivity index (χ3v) is 1.58. The second-order valence-corrected chi connectivity index (χ2v) is 3.48. The lowest BCUT2D eigenvalue weighted by Gasteiger charge is -2.18. The van der Waals surface area contributed by atoms with Gasteiger partial charge in [-0.2, -0.15) is 0 Å². The van der Waals surface area contributed by atoms with Crippen LogP contribution in [0, 0.1) is 0 Å². The molecule has 0 aliphatic carbocycles. The van der Waals surface area contributed by atoms with Gasteiger partial charge in [-0.15, -0.1) is 0 Å². The van der Waals surface area contributed by atoms with Gasteiger partial charge in [0.25, 0.3) is 0 Å². The molecule has 0 heterocycles. The quantitative estimate of drug-likeness (QED) is 0.608. The summed E-state index contributed by atoms with van der Waals surface area (Å²) in [6.45, 7) is 5.52. The molecule has 0 aromatic carbocycles. The van der Waals surface area contributed by atoms with Gasteiger partial charge in [-0.05, 0) is 33.6 Å². The first kappa shape index (κ1) is 10.7. The van der Waals surface area contributed by atoms with Crippen molar-refractivity contribution in [1.82, 2.24) is 0 Å². The maximum Gasteiger partial charge on any atom is 0.0852 e. The third-order valence-electron chi connectivity index (χ3n) is 1.58. The highest BCUT2D eigenvalue weighted by molar-refractivity contribution is 4.93. The molecule has 0 aromatic heterocycles. The van der Waals surface area contributed by atoms with Gasteiger partial charge in [0.15, 0.2) is 0 Å². The number of allylic oxidation sites excluding steroid dienone is 2. The molecule has 2 N–H and O–H groups in total. The van der Waals surface area contributed by atoms with Gasteiger partial charge in [-0.1, -0.05) is 11.6 Å². The topological polar surface area (TPSA) is 40.5 Å². The molecule has 0 saturated heterocycles. The van der Waals surface area contributed by atoms with E-state index >= 15 is 0 Å². The molecule has 0 radical (unpaired) electrons. The molecule has 0 saturated carbocycles. The van der Waals surface area contributed by atoms with Crippen LogP contribution in [0.15, 0.2) is 11.6 Å². The van der Waals surface area contributed by atoms with E-state index in [0.29, 0.717) is 6.42 Å². The predicted octanol–water partition coefficient (Wildman–Crippen LogP) is 1.48. The Labute approximate surface area is 68.6 Å². The molecule has 2 heteroatoms. The van der Waals surface area contributed by atoms with Crippen molar-refractivity contribution in [2.75, 3.05) is 6.61 Å². The number of aliphatic hydroxyl groups excluding tert-OH is 1. The first-order valence-corrected chi connectivity index (χ1v) is 3.94. The van der Waals surface area contributed by atoms with Crippen molar-refractivity contribution in [2.24, 2.45) is 0 Å². The molecule has 0 bridgehead atoms. The van der Waals surface area contributed by atoms with Crippen molar-refractivity contribution in [3.8, 4) is 0 Å². The normalized spacial score (nSPS) is 15.7. The van der Waals surface area contributed by atoms with Gasteiger partial charge < -0.3 is 10.2 Å². The van der Waals surface area contributed by atoms with Crippen LogP contribution >= 0.6 is 0 Å². The smallest absolute Gasteiger partial charge is 0.0852 e. The van der Waals surface area contributed by atoms with Crippen molar-refractivity contribution < 1.29 is 10.2 Å². The molecule has 0 aliphatic heterocycles. The van der Waals surface area contributed by atoms with Crippen molar-refractivity contribution >= 4 is 0 Å². The average Bonchev–Trinajstić information content (AvgIpc) is 1.87. The standard InChI is InChI=1S/C9H18O2/c1-8(2)5-4-6-9(3,11)7-10/h5,10-11H,4,6-7H2,1-3H3/t9-/m1/s1. The second kappa shape index (κ2) is 4.52. The summed E-state index contributed by atoms with van der Waals surface area (Å²) in [5, 5.41) is 18.0. The third kappa shape index (κ3) is 6.07. The monoisotopic (exact) mass is 158 g/mol. The van der Waals surface area contributed by atoms with Crippen molar-refractivity contribution in [2.45, 2.75) is 39.2 Å². The van der Waals surface area contributed by atoms with Crippen molar-refractivity contribution in [3.05, 3.63) is 11.6 Å². The van der Waals surface area contributed by atoms with E-state index in [0.717, 1.165) is 6.42 Å².